The summed E-state index contributed by atoms with van der Waals surface area (Å²) in [7, 11) is 0. The minimum absolute atomic E-state index is 0. The Labute approximate surface area is 214 Å². The molecule has 0 aliphatic heterocycles. The zero-order chi connectivity index (χ0) is 25.8. The van der Waals surface area contributed by atoms with Crippen LogP contribution in [0.1, 0.15) is 67.6 Å². The van der Waals surface area contributed by atoms with Crippen molar-refractivity contribution in [3.05, 3.63) is 73.0 Å². The Balaban J connectivity index is 0.00000211. The number of nitrogens with one attached hydrogen (secondary N) is 1. The molecule has 5 nitrogen and oxygen atoms in total. The van der Waals surface area contributed by atoms with Crippen LogP contribution in [0.2, 0.25) is 0 Å². The zero-order valence-electron chi connectivity index (χ0n) is 22.1. The van der Waals surface area contributed by atoms with Gasteiger partial charge in [0.05, 0.1) is 11.8 Å². The van der Waals surface area contributed by atoms with Gasteiger partial charge in [-0.25, -0.2) is 0 Å². The topological polar surface area (TPSA) is 79.8 Å². The first-order valence-corrected chi connectivity index (χ1v) is 13.1. The zero-order valence-corrected chi connectivity index (χ0v) is 22.1. The highest BCUT2D eigenvalue weighted by atomic mass is 16.1. The smallest absolute Gasteiger partial charge is 0.269 e. The fourth-order valence-electron chi connectivity index (χ4n) is 4.20. The predicted molar refractivity (Wildman–Crippen MR) is 153 cm³/mol. The van der Waals surface area contributed by atoms with E-state index in [2.05, 4.69) is 47.8 Å². The van der Waals surface area contributed by atoms with Crippen molar-refractivity contribution >= 4 is 17.3 Å². The first kappa shape index (κ1) is 28.3. The van der Waals surface area contributed by atoms with Crippen LogP contribution in [0.4, 0.5) is 0 Å². The summed E-state index contributed by atoms with van der Waals surface area (Å²) in [6, 6.07) is -0.323. The van der Waals surface area contributed by atoms with Crippen molar-refractivity contribution in [2.45, 2.75) is 77.8 Å². The van der Waals surface area contributed by atoms with Gasteiger partial charge < -0.3 is 11.1 Å². The van der Waals surface area contributed by atoms with Crippen molar-refractivity contribution in [2.24, 2.45) is 27.6 Å². The minimum atomic E-state index is -0.503. The van der Waals surface area contributed by atoms with E-state index >= 15 is 0 Å². The number of allylic oxidation sites excluding steroid dienone is 3. The maximum absolute atomic E-state index is 12.8. The van der Waals surface area contributed by atoms with Crippen LogP contribution in [0, 0.1) is 11.8 Å². The third-order valence-electron chi connectivity index (χ3n) is 6.53. The van der Waals surface area contributed by atoms with Crippen LogP contribution in [-0.2, 0) is 4.79 Å². The predicted octanol–water partition coefficient (Wildman–Crippen LogP) is 6.27. The van der Waals surface area contributed by atoms with E-state index in [4.69, 9.17) is 10.7 Å². The van der Waals surface area contributed by atoms with Gasteiger partial charge in [0.1, 0.15) is 11.3 Å². The minimum Gasteiger partial charge on any atom is -0.405 e. The molecule has 192 valence electrons. The fraction of sp³-hybridized carbons (Fsp3) is 0.500. The Morgan fingerprint density at radius 2 is 1.89 bits per heavy atom. The first-order chi connectivity index (χ1) is 16.9. The number of nitrogens with two attached hydrogens (primary N) is 1. The third-order valence-corrected chi connectivity index (χ3v) is 6.53. The molecular formula is C30H46N4O. The van der Waals surface area contributed by atoms with Gasteiger partial charge in [0, 0.05) is 7.97 Å². The van der Waals surface area contributed by atoms with Crippen molar-refractivity contribution in [1.82, 2.24) is 5.32 Å². The Morgan fingerprint density at radius 1 is 1.23 bits per heavy atom. The number of hydrogen-bond acceptors (Lipinski definition) is 4. The second-order valence-corrected chi connectivity index (χ2v) is 9.28. The van der Waals surface area contributed by atoms with Crippen molar-refractivity contribution < 1.29 is 6.22 Å². The second kappa shape index (κ2) is 13.8. The van der Waals surface area contributed by atoms with Crippen molar-refractivity contribution in [3.8, 4) is 0 Å². The summed E-state index contributed by atoms with van der Waals surface area (Å²) in [6.45, 7) is 16.9. The molecule has 1 atom stereocenters. The van der Waals surface area contributed by atoms with Gasteiger partial charge in [-0.2, -0.15) is 0 Å². The van der Waals surface area contributed by atoms with Crippen LogP contribution in [0.15, 0.2) is 83.0 Å². The maximum atomic E-state index is 12.8. The molecule has 3 N–H and O–H groups in total. The Bertz CT molecular complexity index is 938. The average Bonchev–Trinajstić information content (AvgIpc) is 3.79. The number of rotatable bonds is 12. The largest absolute Gasteiger partial charge is 0.405 e. The van der Waals surface area contributed by atoms with E-state index < -0.39 is 5.54 Å². The summed E-state index contributed by atoms with van der Waals surface area (Å²) in [6.07, 6.45) is 22.5. The van der Waals surface area contributed by atoms with Crippen LogP contribution in [0.3, 0.4) is 0 Å². The quantitative estimate of drug-likeness (QED) is 0.197. The van der Waals surface area contributed by atoms with E-state index in [0.29, 0.717) is 29.8 Å². The summed E-state index contributed by atoms with van der Waals surface area (Å²) >= 11 is 0. The van der Waals surface area contributed by atoms with Crippen molar-refractivity contribution in [3.63, 3.8) is 0 Å². The number of aliphatic imine (C=N–C) groups is 2. The molecule has 1 amide bonds. The molecule has 0 aromatic carbocycles. The summed E-state index contributed by atoms with van der Waals surface area (Å²) in [5.41, 5.74) is 8.37. The van der Waals surface area contributed by atoms with Crippen molar-refractivity contribution in [1.29, 1.82) is 0 Å². The highest BCUT2D eigenvalue weighted by Gasteiger charge is 2.38. The second-order valence-electron chi connectivity index (χ2n) is 9.28. The van der Waals surface area contributed by atoms with E-state index in [9.17, 15) is 4.79 Å². The van der Waals surface area contributed by atoms with Crippen LogP contribution in [-0.4, -0.2) is 35.5 Å². The van der Waals surface area contributed by atoms with Crippen LogP contribution >= 0.6 is 0 Å². The van der Waals surface area contributed by atoms with E-state index in [-0.39, 0.29) is 13.4 Å². The molecule has 0 aromatic rings. The molecule has 35 heavy (non-hydrogen) atoms. The van der Waals surface area contributed by atoms with Gasteiger partial charge >= 0.3 is 0 Å². The summed E-state index contributed by atoms with van der Waals surface area (Å²) < 4.78 is 0. The molecule has 0 bridgehead atoms. The molecule has 3 aliphatic carbocycles. The monoisotopic (exact) mass is 478 g/mol. The van der Waals surface area contributed by atoms with Gasteiger partial charge in [-0.05, 0) is 87.4 Å². The lowest BCUT2D eigenvalue weighted by atomic mass is 9.93. The average molecular weight is 479 g/mol. The molecule has 0 saturated heterocycles. The molecule has 3 rings (SSSR count). The molecule has 0 unspecified atom stereocenters. The maximum Gasteiger partial charge on any atom is 0.269 e. The van der Waals surface area contributed by atoms with E-state index in [0.717, 1.165) is 5.57 Å². The van der Waals surface area contributed by atoms with Gasteiger partial charge in [-0.3, -0.25) is 14.8 Å². The molecule has 0 aromatic heterocycles. The highest BCUT2D eigenvalue weighted by Crippen LogP contribution is 2.40. The van der Waals surface area contributed by atoms with Crippen LogP contribution in [0.5, 0.6) is 0 Å². The van der Waals surface area contributed by atoms with E-state index in [1.165, 1.54) is 50.3 Å². The van der Waals surface area contributed by atoms with E-state index in [1.807, 2.05) is 33.8 Å². The lowest BCUT2D eigenvalue weighted by Gasteiger charge is -2.20. The van der Waals surface area contributed by atoms with Crippen molar-refractivity contribution in [2.75, 3.05) is 6.54 Å². The van der Waals surface area contributed by atoms with Crippen LogP contribution in [0.25, 0.3) is 0 Å². The summed E-state index contributed by atoms with van der Waals surface area (Å²) in [4.78, 5) is 22.3. The SMILES string of the molecule is C=CC(=NC1(C(/C=C\C)=C/C(=C)C2CCCC2)C=C1)[C@H](C)NC(=O)C(/C=C\N)=NCC1CC1.CC.[HH]. The Kier molecular flexibility index (Phi) is 11.2. The molecular weight excluding hydrogens is 432 g/mol. The standard InChI is InChI=1S/C28H38N4O.C2H6.H2/c1-5-9-24(18-20(3)23-10-7-8-11-23)28(15-16-28)32-25(6-2)21(4)31-27(33)26(14-17-29)30-19-22-12-13-22;1-2;/h5-6,9,14-18,21-23H,2-3,7-8,10-13,19,29H2,1,4H3,(H,31,33);1-2H3;1H/b9-5-,17-14-,24-18+,30-26?,32-25?;;/t21-;;/m0../s1. The van der Waals surface area contributed by atoms with Gasteiger partial charge in [-0.15, -0.1) is 0 Å². The number of amides is 1. The molecule has 5 heteroatoms. The normalized spacial score (nSPS) is 21.1. The number of nitrogens with zero attached hydrogens (tertiary/aromatic N) is 2. The molecule has 0 spiro atoms. The lowest BCUT2D eigenvalue weighted by Crippen LogP contribution is -2.42. The number of carbonyl (C=O) groups is 1. The third kappa shape index (κ3) is 8.34. The van der Waals surface area contributed by atoms with Gasteiger partial charge in [0.2, 0.25) is 0 Å². The Hall–Kier alpha value is -2.95. The molecule has 2 fully saturated rings. The summed E-state index contributed by atoms with van der Waals surface area (Å²) in [5.74, 6) is 0.903. The molecule has 0 heterocycles. The van der Waals surface area contributed by atoms with Gasteiger partial charge in [0.25, 0.3) is 5.91 Å². The highest BCUT2D eigenvalue weighted by molar-refractivity contribution is 6.43. The Morgan fingerprint density at radius 3 is 2.40 bits per heavy atom. The van der Waals surface area contributed by atoms with Gasteiger partial charge in [-0.1, -0.05) is 63.6 Å². The lowest BCUT2D eigenvalue weighted by molar-refractivity contribution is -0.114. The summed E-state index contributed by atoms with van der Waals surface area (Å²) in [5, 5.41) is 3.01. The number of hydrogen-bond donors (Lipinski definition) is 2. The molecule has 2 saturated carbocycles. The molecule has 0 radical (unpaired) electrons. The van der Waals surface area contributed by atoms with Gasteiger partial charge in [0.15, 0.2) is 0 Å². The molecule has 3 aliphatic rings. The van der Waals surface area contributed by atoms with Crippen LogP contribution < -0.4 is 11.1 Å². The fourth-order valence-corrected chi connectivity index (χ4v) is 4.20. The number of carbonyl (C=O) groups excluding carboxylic acids is 1. The van der Waals surface area contributed by atoms with E-state index in [1.54, 1.807) is 12.2 Å². The first-order valence-electron chi connectivity index (χ1n) is 13.1.